The fourth-order valence-electron chi connectivity index (χ4n) is 9.15. The van der Waals surface area contributed by atoms with Crippen LogP contribution in [0, 0.1) is 0 Å². The summed E-state index contributed by atoms with van der Waals surface area (Å²) >= 11 is 0. The van der Waals surface area contributed by atoms with E-state index >= 15 is 0 Å². The summed E-state index contributed by atoms with van der Waals surface area (Å²) < 4.78 is 39.4. The predicted octanol–water partition coefficient (Wildman–Crippen LogP) is 14.3. The van der Waals surface area contributed by atoms with Crippen LogP contribution in [0.2, 0.25) is 0 Å². The van der Waals surface area contributed by atoms with Gasteiger partial charge in [0.1, 0.15) is 16.9 Å². The smallest absolute Gasteiger partial charge is 0.744 e. The maximum Gasteiger partial charge on any atom is 1.00 e. The van der Waals surface area contributed by atoms with E-state index in [0.717, 1.165) is 49.5 Å². The van der Waals surface area contributed by atoms with Gasteiger partial charge in [-0.25, -0.2) is 8.42 Å². The van der Waals surface area contributed by atoms with Crippen molar-refractivity contribution in [2.45, 2.75) is 276 Å². The summed E-state index contributed by atoms with van der Waals surface area (Å²) in [4.78, 5) is 8.10. The van der Waals surface area contributed by atoms with E-state index in [4.69, 9.17) is 4.79 Å². The van der Waals surface area contributed by atoms with Crippen molar-refractivity contribution >= 4 is 27.7 Å². The summed E-state index contributed by atoms with van der Waals surface area (Å²) in [5.41, 5.74) is 3.44. The molecule has 0 atom stereocenters. The summed E-state index contributed by atoms with van der Waals surface area (Å²) in [6, 6.07) is 7.96. The Kier molecular flexibility index (Phi) is 40.8. The molecule has 2 rings (SSSR count). The van der Waals surface area contributed by atoms with Gasteiger partial charge in [0, 0.05) is 0 Å². The quantitative estimate of drug-likeness (QED) is 0.0380. The van der Waals surface area contributed by atoms with E-state index in [1.54, 1.807) is 0 Å². The molecule has 0 bridgehead atoms. The number of aryl methyl sites for hydroxylation is 1. The Morgan fingerprint density at radius 3 is 0.898 bits per heavy atom. The number of hydrogen-bond acceptors (Lipinski definition) is 4. The number of rotatable bonds is 40. The minimum absolute atomic E-state index is 0. The second-order valence-corrected chi connectivity index (χ2v) is 19.0. The zero-order valence-electron chi connectivity index (χ0n) is 39.6. The third kappa shape index (κ3) is 28.6. The van der Waals surface area contributed by atoms with Crippen molar-refractivity contribution in [3.8, 4) is 0 Å². The first-order valence-corrected chi connectivity index (χ1v) is 26.7. The first kappa shape index (κ1) is 58.3. The second-order valence-electron chi connectivity index (χ2n) is 17.7. The first-order valence-electron chi connectivity index (χ1n) is 25.3. The molecule has 0 aliphatic heterocycles. The van der Waals surface area contributed by atoms with Crippen LogP contribution in [0.1, 0.15) is 269 Å². The normalized spacial score (nSPS) is 11.5. The van der Waals surface area contributed by atoms with E-state index in [9.17, 15) is 13.0 Å². The van der Waals surface area contributed by atoms with E-state index in [1.165, 1.54) is 217 Å². The number of unbranched alkanes of at least 4 members (excludes halogenated alkanes) is 33. The van der Waals surface area contributed by atoms with Crippen LogP contribution in [0.25, 0.3) is 10.8 Å². The molecule has 0 N–H and O–H groups in total. The van der Waals surface area contributed by atoms with Crippen LogP contribution in [0.15, 0.2) is 29.2 Å². The minimum Gasteiger partial charge on any atom is -0.744 e. The van der Waals surface area contributed by atoms with Crippen molar-refractivity contribution in [3.05, 3.63) is 41.0 Å². The van der Waals surface area contributed by atoms with E-state index in [1.807, 2.05) is 25.0 Å². The Morgan fingerprint density at radius 2 is 0.610 bits per heavy atom. The Balaban J connectivity index is 0.0000110. The van der Waals surface area contributed by atoms with Gasteiger partial charge in [-0.3, -0.25) is 0 Å². The topological polar surface area (TPSA) is 74.3 Å². The second kappa shape index (κ2) is 41.3. The van der Waals surface area contributed by atoms with Gasteiger partial charge in [-0.15, -0.1) is 0 Å². The van der Waals surface area contributed by atoms with Crippen LogP contribution in [-0.4, -0.2) is 19.8 Å². The van der Waals surface area contributed by atoms with Crippen LogP contribution >= 0.6 is 0 Å². The van der Waals surface area contributed by atoms with Gasteiger partial charge in [-0.2, -0.15) is 0 Å². The molecule has 336 valence electrons. The fourth-order valence-corrected chi connectivity index (χ4v) is 10.1. The van der Waals surface area contributed by atoms with Crippen molar-refractivity contribution in [3.63, 3.8) is 0 Å². The maximum absolute atomic E-state index is 13.1. The average Bonchev–Trinajstić information content (AvgIpc) is 3.22. The molecule has 0 aliphatic carbocycles. The Hall–Kier alpha value is -0.720. The molecule has 2 aromatic rings. The molecule has 4 nitrogen and oxygen atoms in total. The first-order chi connectivity index (χ1) is 28.5. The van der Waals surface area contributed by atoms with Crippen molar-refractivity contribution < 1.29 is 47.3 Å². The van der Waals surface area contributed by atoms with Gasteiger partial charge in [0.2, 0.25) is 0 Å². The molecule has 0 aromatic heterocycles. The fraction of sp³-hybridized carbons (Fsp3) is 0.792. The van der Waals surface area contributed by atoms with E-state index < -0.39 is 10.1 Å². The number of carbonyl (C=O) groups excluding carboxylic acids is 1. The summed E-state index contributed by atoms with van der Waals surface area (Å²) in [6.07, 6.45) is 49.6. The van der Waals surface area contributed by atoms with Crippen LogP contribution < -0.4 is 29.6 Å². The van der Waals surface area contributed by atoms with Gasteiger partial charge < -0.3 is 9.35 Å². The third-order valence-electron chi connectivity index (χ3n) is 12.6. The number of hydrogen-bond donors (Lipinski definition) is 0. The van der Waals surface area contributed by atoms with Crippen LogP contribution in [0.4, 0.5) is 0 Å². The van der Waals surface area contributed by atoms with Crippen LogP contribution in [-0.2, 0) is 34.2 Å². The molecular weight excluding hydrogens is 756 g/mol. The van der Waals surface area contributed by atoms with Crippen molar-refractivity contribution in [1.82, 2.24) is 0 Å². The molecule has 59 heavy (non-hydrogen) atoms. The molecule has 6 heteroatoms. The largest absolute Gasteiger partial charge is 1.00 e. The Labute approximate surface area is 389 Å². The SMILES string of the molecule is C=O.CCCCCCCCCCCCCCc1c(CCCCCCCCCCCCCC)c(S(=O)(=O)[O-])c2ccccc2c1CCCCCCCCCCCCCC.[Na+]. The number of fused-ring (bicyclic) bond motifs is 1. The van der Waals surface area contributed by atoms with Gasteiger partial charge in [-0.05, 0) is 66.0 Å². The summed E-state index contributed by atoms with van der Waals surface area (Å²) in [5.74, 6) is 0. The van der Waals surface area contributed by atoms with Gasteiger partial charge in [0.15, 0.2) is 0 Å². The van der Waals surface area contributed by atoms with Crippen molar-refractivity contribution in [2.75, 3.05) is 0 Å². The van der Waals surface area contributed by atoms with Gasteiger partial charge in [-0.1, -0.05) is 257 Å². The number of benzene rings is 2. The van der Waals surface area contributed by atoms with Crippen molar-refractivity contribution in [2.24, 2.45) is 0 Å². The summed E-state index contributed by atoms with van der Waals surface area (Å²) in [5, 5.41) is 1.68. The molecule has 0 saturated heterocycles. The zero-order chi connectivity index (χ0) is 42.4. The molecule has 0 radical (unpaired) electrons. The molecular formula is C53H93NaO4S. The monoisotopic (exact) mass is 849 g/mol. The molecule has 2 aromatic carbocycles. The average molecular weight is 849 g/mol. The Morgan fingerprint density at radius 1 is 0.373 bits per heavy atom. The zero-order valence-corrected chi connectivity index (χ0v) is 42.5. The van der Waals surface area contributed by atoms with Crippen LogP contribution in [0.3, 0.4) is 0 Å². The standard InChI is InChI=1S/C52H92O3S.CH2O.Na/c1-4-7-10-13-16-19-22-25-28-31-34-37-42-47-48(43-38-35-32-29-26-23-20-17-14-11-8-5-2)50(52(56(53,54)55)51-46-41-40-44-49(47)51)45-39-36-33-30-27-24-21-18-15-12-9-6-3;1-2;/h40-41,44,46H,4-39,42-43,45H2,1-3H3,(H,53,54,55);1H2;/q;;+1/p-1. The number of carbonyl (C=O) groups is 1. The Bertz CT molecular complexity index is 1340. The molecule has 0 saturated carbocycles. The van der Waals surface area contributed by atoms with E-state index in [0.29, 0.717) is 11.8 Å². The van der Waals surface area contributed by atoms with Gasteiger partial charge >= 0.3 is 29.6 Å². The third-order valence-corrected chi connectivity index (χ3v) is 13.6. The minimum atomic E-state index is -4.62. The molecule has 0 amide bonds. The molecule has 0 unspecified atom stereocenters. The molecule has 0 aliphatic rings. The van der Waals surface area contributed by atoms with Crippen molar-refractivity contribution in [1.29, 1.82) is 0 Å². The van der Waals surface area contributed by atoms with Gasteiger partial charge in [0.25, 0.3) is 0 Å². The summed E-state index contributed by atoms with van der Waals surface area (Å²) in [7, 11) is -4.62. The molecule has 0 fully saturated rings. The van der Waals surface area contributed by atoms with Gasteiger partial charge in [0.05, 0.1) is 4.90 Å². The summed E-state index contributed by atoms with van der Waals surface area (Å²) in [6.45, 7) is 8.85. The molecule has 0 heterocycles. The van der Waals surface area contributed by atoms with E-state index in [2.05, 4.69) is 26.8 Å². The maximum atomic E-state index is 13.1. The predicted molar refractivity (Wildman–Crippen MR) is 253 cm³/mol. The van der Waals surface area contributed by atoms with Crippen LogP contribution in [0.5, 0.6) is 0 Å². The van der Waals surface area contributed by atoms with E-state index in [-0.39, 0.29) is 34.5 Å². The molecule has 0 spiro atoms.